The lowest BCUT2D eigenvalue weighted by Gasteiger charge is -2.18. The molecule has 3 heterocycles. The van der Waals surface area contributed by atoms with Gasteiger partial charge >= 0.3 is 0 Å². The van der Waals surface area contributed by atoms with Gasteiger partial charge in [0.05, 0.1) is 19.7 Å². The van der Waals surface area contributed by atoms with Crippen molar-refractivity contribution in [2.75, 3.05) is 19.5 Å². The molecule has 5 rings (SSSR count). The number of H-pyrrole nitrogens is 1. The fourth-order valence-corrected chi connectivity index (χ4v) is 4.06. The number of nitrogens with zero attached hydrogens (tertiary/aromatic N) is 3. The Kier molecular flexibility index (Phi) is 5.30. The molecule has 0 aliphatic heterocycles. The van der Waals surface area contributed by atoms with Crippen molar-refractivity contribution >= 4 is 27.8 Å². The smallest absolute Gasteiger partial charge is 0.162 e. The van der Waals surface area contributed by atoms with Gasteiger partial charge < -0.3 is 19.8 Å². The highest BCUT2D eigenvalue weighted by Gasteiger charge is 2.15. The Morgan fingerprint density at radius 3 is 2.58 bits per heavy atom. The molecule has 0 bridgehead atoms. The van der Waals surface area contributed by atoms with E-state index in [9.17, 15) is 0 Å². The molecule has 7 nitrogen and oxygen atoms in total. The summed E-state index contributed by atoms with van der Waals surface area (Å²) >= 11 is 0. The zero-order valence-corrected chi connectivity index (χ0v) is 19.0. The summed E-state index contributed by atoms with van der Waals surface area (Å²) in [6.45, 7) is 4.01. The molecule has 1 unspecified atom stereocenters. The molecule has 0 saturated heterocycles. The summed E-state index contributed by atoms with van der Waals surface area (Å²) in [4.78, 5) is 16.9. The molecule has 3 aromatic heterocycles. The Labute approximate surface area is 191 Å². The van der Waals surface area contributed by atoms with Crippen LogP contribution < -0.4 is 14.8 Å². The van der Waals surface area contributed by atoms with Gasteiger partial charge in [-0.25, -0.2) is 15.0 Å². The van der Waals surface area contributed by atoms with Crippen LogP contribution in [0.3, 0.4) is 0 Å². The molecule has 5 aromatic rings. The predicted molar refractivity (Wildman–Crippen MR) is 131 cm³/mol. The number of methoxy groups -OCH3 is 2. The normalized spacial score (nSPS) is 12.1. The molecule has 1 atom stereocenters. The van der Waals surface area contributed by atoms with Crippen LogP contribution >= 0.6 is 0 Å². The summed E-state index contributed by atoms with van der Waals surface area (Å²) in [5.74, 6) is 2.72. The number of fused-ring (bicyclic) bond motifs is 2. The van der Waals surface area contributed by atoms with Gasteiger partial charge in [0.15, 0.2) is 11.5 Å². The number of ether oxygens (including phenoxy) is 2. The Morgan fingerprint density at radius 2 is 1.76 bits per heavy atom. The number of anilines is 1. The first kappa shape index (κ1) is 20.8. The molecule has 166 valence electrons. The second kappa shape index (κ2) is 8.43. The third kappa shape index (κ3) is 3.93. The predicted octanol–water partition coefficient (Wildman–Crippen LogP) is 5.67. The highest BCUT2D eigenvalue weighted by atomic mass is 16.5. The zero-order valence-electron chi connectivity index (χ0n) is 19.0. The van der Waals surface area contributed by atoms with E-state index in [-0.39, 0.29) is 6.04 Å². The third-order valence-electron chi connectivity index (χ3n) is 5.79. The molecule has 33 heavy (non-hydrogen) atoms. The zero-order chi connectivity index (χ0) is 22.9. The largest absolute Gasteiger partial charge is 0.493 e. The van der Waals surface area contributed by atoms with Gasteiger partial charge in [-0.05, 0) is 49.2 Å². The molecule has 0 aliphatic rings. The van der Waals surface area contributed by atoms with Crippen LogP contribution in [0.1, 0.15) is 24.4 Å². The number of benzene rings is 2. The first-order valence-corrected chi connectivity index (χ1v) is 10.8. The number of aromatic amines is 1. The van der Waals surface area contributed by atoms with E-state index in [2.05, 4.69) is 62.5 Å². The second-order valence-electron chi connectivity index (χ2n) is 7.97. The van der Waals surface area contributed by atoms with Crippen LogP contribution in [-0.4, -0.2) is 34.2 Å². The van der Waals surface area contributed by atoms with E-state index in [1.165, 1.54) is 0 Å². The average Bonchev–Trinajstić information content (AvgIpc) is 3.31. The molecule has 0 radical (unpaired) electrons. The second-order valence-corrected chi connectivity index (χ2v) is 7.97. The molecule has 7 heteroatoms. The van der Waals surface area contributed by atoms with E-state index in [1.54, 1.807) is 14.2 Å². The van der Waals surface area contributed by atoms with Crippen LogP contribution in [0.4, 0.5) is 5.82 Å². The van der Waals surface area contributed by atoms with Crippen molar-refractivity contribution in [2.24, 2.45) is 0 Å². The highest BCUT2D eigenvalue weighted by Crippen LogP contribution is 2.35. The highest BCUT2D eigenvalue weighted by molar-refractivity contribution is 5.92. The van der Waals surface area contributed by atoms with Crippen molar-refractivity contribution in [2.45, 2.75) is 19.9 Å². The fraction of sp³-hybridized carbons (Fsp3) is 0.192. The van der Waals surface area contributed by atoms with Crippen molar-refractivity contribution < 1.29 is 9.47 Å². The molecule has 0 spiro atoms. The first-order chi connectivity index (χ1) is 16.1. The van der Waals surface area contributed by atoms with E-state index in [0.29, 0.717) is 17.3 Å². The molecule has 2 aromatic carbocycles. The molecule has 0 fully saturated rings. The van der Waals surface area contributed by atoms with Gasteiger partial charge in [0.25, 0.3) is 0 Å². The maximum atomic E-state index is 5.49. The Morgan fingerprint density at radius 1 is 0.939 bits per heavy atom. The van der Waals surface area contributed by atoms with E-state index < -0.39 is 0 Å². The van der Waals surface area contributed by atoms with Crippen LogP contribution in [0.2, 0.25) is 0 Å². The maximum Gasteiger partial charge on any atom is 0.162 e. The van der Waals surface area contributed by atoms with Gasteiger partial charge in [-0.3, -0.25) is 0 Å². The topological polar surface area (TPSA) is 85.0 Å². The lowest BCUT2D eigenvalue weighted by atomic mass is 10.0. The Balaban J connectivity index is 1.49. The molecule has 2 N–H and O–H groups in total. The number of rotatable bonds is 6. The number of aromatic nitrogens is 4. The van der Waals surface area contributed by atoms with Gasteiger partial charge in [-0.1, -0.05) is 18.2 Å². The fourth-order valence-electron chi connectivity index (χ4n) is 4.06. The maximum absolute atomic E-state index is 5.49. The number of pyridine rings is 1. The standard InChI is InChI=1S/C26H25N5O2/c1-15(17-6-5-7-18(10-17)20-11-19-8-9-27-25(19)28-14-20)29-26-21-12-23(32-3)24(33-4)13-22(21)30-16(2)31-26/h5-15H,1-4H3,(H,27,28)(H,29,30,31). The van der Waals surface area contributed by atoms with E-state index >= 15 is 0 Å². The molecule has 0 aliphatic carbocycles. The van der Waals surface area contributed by atoms with Gasteiger partial charge in [0.2, 0.25) is 0 Å². The van der Waals surface area contributed by atoms with Crippen LogP contribution in [0, 0.1) is 6.92 Å². The molecule has 0 amide bonds. The van der Waals surface area contributed by atoms with E-state index in [1.807, 2.05) is 37.5 Å². The summed E-state index contributed by atoms with van der Waals surface area (Å²) in [5, 5.41) is 5.54. The van der Waals surface area contributed by atoms with Gasteiger partial charge in [0.1, 0.15) is 17.3 Å². The van der Waals surface area contributed by atoms with Crippen molar-refractivity contribution in [1.82, 2.24) is 19.9 Å². The van der Waals surface area contributed by atoms with Gasteiger partial charge in [0, 0.05) is 40.8 Å². The first-order valence-electron chi connectivity index (χ1n) is 10.8. The van der Waals surface area contributed by atoms with Crippen LogP contribution in [0.15, 0.2) is 60.9 Å². The number of aryl methyl sites for hydroxylation is 1. The summed E-state index contributed by atoms with van der Waals surface area (Å²) in [6.07, 6.45) is 3.81. The summed E-state index contributed by atoms with van der Waals surface area (Å²) in [5.41, 5.74) is 5.03. The molecule has 0 saturated carbocycles. The monoisotopic (exact) mass is 439 g/mol. The third-order valence-corrected chi connectivity index (χ3v) is 5.79. The van der Waals surface area contributed by atoms with Crippen LogP contribution in [-0.2, 0) is 0 Å². The van der Waals surface area contributed by atoms with Crippen molar-refractivity contribution in [3.05, 3.63) is 72.3 Å². The Bertz CT molecular complexity index is 1460. The summed E-state index contributed by atoms with van der Waals surface area (Å²) in [7, 11) is 3.24. The molecular weight excluding hydrogens is 414 g/mol. The van der Waals surface area contributed by atoms with Crippen LogP contribution in [0.5, 0.6) is 11.5 Å². The van der Waals surface area contributed by atoms with Crippen LogP contribution in [0.25, 0.3) is 33.1 Å². The quantitative estimate of drug-likeness (QED) is 0.354. The SMILES string of the molecule is COc1cc2nc(C)nc(NC(C)c3cccc(-c4cnc5[nH]ccc5c4)c3)c2cc1OC. The lowest BCUT2D eigenvalue weighted by molar-refractivity contribution is 0.356. The van der Waals surface area contributed by atoms with Crippen molar-refractivity contribution in [3.63, 3.8) is 0 Å². The van der Waals surface area contributed by atoms with E-state index in [4.69, 9.17) is 9.47 Å². The van der Waals surface area contributed by atoms with E-state index in [0.717, 1.165) is 44.4 Å². The number of nitrogens with one attached hydrogen (secondary N) is 2. The van der Waals surface area contributed by atoms with Gasteiger partial charge in [-0.2, -0.15) is 0 Å². The van der Waals surface area contributed by atoms with Gasteiger partial charge in [-0.15, -0.1) is 0 Å². The Hall–Kier alpha value is -4.13. The minimum atomic E-state index is 0.0134. The average molecular weight is 440 g/mol. The van der Waals surface area contributed by atoms with Crippen molar-refractivity contribution in [1.29, 1.82) is 0 Å². The minimum absolute atomic E-state index is 0.0134. The number of hydrogen-bond acceptors (Lipinski definition) is 6. The summed E-state index contributed by atoms with van der Waals surface area (Å²) in [6, 6.07) is 16.5. The summed E-state index contributed by atoms with van der Waals surface area (Å²) < 4.78 is 10.9. The molecular formula is C26H25N5O2. The lowest BCUT2D eigenvalue weighted by Crippen LogP contribution is -2.10. The number of hydrogen-bond donors (Lipinski definition) is 2. The van der Waals surface area contributed by atoms with Crippen molar-refractivity contribution in [3.8, 4) is 22.6 Å². The minimum Gasteiger partial charge on any atom is -0.493 e.